The van der Waals surface area contributed by atoms with Gasteiger partial charge in [-0.1, -0.05) is 20.8 Å². The lowest BCUT2D eigenvalue weighted by molar-refractivity contribution is -0.147. The fourth-order valence-electron chi connectivity index (χ4n) is 2.32. The molecule has 1 heterocycles. The molecule has 0 aromatic rings. The van der Waals surface area contributed by atoms with Gasteiger partial charge >= 0.3 is 5.97 Å². The van der Waals surface area contributed by atoms with Crippen LogP contribution in [0.1, 0.15) is 33.6 Å². The summed E-state index contributed by atoms with van der Waals surface area (Å²) >= 11 is 0. The number of hydrogen-bond donors (Lipinski definition) is 2. The lowest BCUT2D eigenvalue weighted by Gasteiger charge is -2.29. The molecule has 1 aliphatic heterocycles. The zero-order valence-electron chi connectivity index (χ0n) is 11.7. The molecule has 0 aliphatic carbocycles. The average molecular weight is 256 g/mol. The van der Waals surface area contributed by atoms with Gasteiger partial charge in [0.15, 0.2) is 0 Å². The van der Waals surface area contributed by atoms with E-state index in [1.54, 1.807) is 0 Å². The first-order valence-electron chi connectivity index (χ1n) is 6.56. The highest BCUT2D eigenvalue weighted by atomic mass is 16.5. The molecule has 0 spiro atoms. The molecule has 1 aliphatic rings. The highest BCUT2D eigenvalue weighted by molar-refractivity contribution is 5.88. The van der Waals surface area contributed by atoms with Crippen molar-refractivity contribution in [3.05, 3.63) is 0 Å². The molecule has 0 aromatic heterocycles. The van der Waals surface area contributed by atoms with Crippen LogP contribution >= 0.6 is 0 Å². The standard InChI is InChI=1S/C13H24N2O3/c1-5-13(6-7-14-8-13)12(17)15-10(9(2)3)11(16)18-4/h9-10,14H,5-8H2,1-4H3,(H,15,17). The lowest BCUT2D eigenvalue weighted by atomic mass is 9.83. The van der Waals surface area contributed by atoms with Crippen molar-refractivity contribution in [2.75, 3.05) is 20.2 Å². The molecule has 0 saturated carbocycles. The minimum Gasteiger partial charge on any atom is -0.467 e. The Labute approximate surface area is 109 Å². The van der Waals surface area contributed by atoms with Gasteiger partial charge in [0.25, 0.3) is 0 Å². The highest BCUT2D eigenvalue weighted by Crippen LogP contribution is 2.29. The van der Waals surface area contributed by atoms with E-state index >= 15 is 0 Å². The second kappa shape index (κ2) is 6.18. The van der Waals surface area contributed by atoms with Crippen molar-refractivity contribution in [3.8, 4) is 0 Å². The predicted molar refractivity (Wildman–Crippen MR) is 69.0 cm³/mol. The van der Waals surface area contributed by atoms with Crippen LogP contribution in [0.5, 0.6) is 0 Å². The second-order valence-corrected chi connectivity index (χ2v) is 5.28. The van der Waals surface area contributed by atoms with Crippen molar-refractivity contribution in [1.29, 1.82) is 0 Å². The van der Waals surface area contributed by atoms with E-state index in [4.69, 9.17) is 4.74 Å². The first-order valence-corrected chi connectivity index (χ1v) is 6.56. The minimum absolute atomic E-state index is 0.0182. The predicted octanol–water partition coefficient (Wildman–Crippen LogP) is 0.690. The molecule has 1 amide bonds. The van der Waals surface area contributed by atoms with E-state index in [0.29, 0.717) is 6.54 Å². The number of ether oxygens (including phenoxy) is 1. The van der Waals surface area contributed by atoms with Gasteiger partial charge in [-0.3, -0.25) is 4.79 Å². The van der Waals surface area contributed by atoms with Crippen LogP contribution < -0.4 is 10.6 Å². The SMILES string of the molecule is CCC1(C(=O)NC(C(=O)OC)C(C)C)CCNC1. The summed E-state index contributed by atoms with van der Waals surface area (Å²) in [6, 6.07) is -0.563. The van der Waals surface area contributed by atoms with Crippen LogP contribution in [0.2, 0.25) is 0 Å². The molecule has 1 fully saturated rings. The topological polar surface area (TPSA) is 67.4 Å². The van der Waals surface area contributed by atoms with Gasteiger partial charge in [-0.25, -0.2) is 4.79 Å². The zero-order valence-corrected chi connectivity index (χ0v) is 11.7. The normalized spacial score (nSPS) is 24.9. The second-order valence-electron chi connectivity index (χ2n) is 5.28. The fraction of sp³-hybridized carbons (Fsp3) is 0.846. The molecule has 1 saturated heterocycles. The van der Waals surface area contributed by atoms with Crippen molar-refractivity contribution < 1.29 is 14.3 Å². The van der Waals surface area contributed by atoms with E-state index in [1.165, 1.54) is 7.11 Å². The van der Waals surface area contributed by atoms with E-state index in [-0.39, 0.29) is 23.2 Å². The Hall–Kier alpha value is -1.10. The molecular formula is C13H24N2O3. The van der Waals surface area contributed by atoms with Gasteiger partial charge < -0.3 is 15.4 Å². The first-order chi connectivity index (χ1) is 8.46. The Balaban J connectivity index is 2.74. The van der Waals surface area contributed by atoms with Crippen molar-refractivity contribution >= 4 is 11.9 Å². The van der Waals surface area contributed by atoms with Crippen LogP contribution in [0.25, 0.3) is 0 Å². The third-order valence-corrected chi connectivity index (χ3v) is 3.81. The minimum atomic E-state index is -0.563. The average Bonchev–Trinajstić information content (AvgIpc) is 2.84. The van der Waals surface area contributed by atoms with E-state index in [9.17, 15) is 9.59 Å². The van der Waals surface area contributed by atoms with Crippen LogP contribution in [0.15, 0.2) is 0 Å². The molecule has 18 heavy (non-hydrogen) atoms. The molecule has 0 radical (unpaired) electrons. The number of carbonyl (C=O) groups excluding carboxylic acids is 2. The van der Waals surface area contributed by atoms with Gasteiger partial charge in [-0.15, -0.1) is 0 Å². The van der Waals surface area contributed by atoms with Crippen LogP contribution in [0.3, 0.4) is 0 Å². The molecule has 2 N–H and O–H groups in total. The Morgan fingerprint density at radius 1 is 1.44 bits per heavy atom. The first kappa shape index (κ1) is 15.0. The molecule has 0 aromatic carbocycles. The van der Waals surface area contributed by atoms with E-state index in [0.717, 1.165) is 19.4 Å². The lowest BCUT2D eigenvalue weighted by Crippen LogP contribution is -2.51. The van der Waals surface area contributed by atoms with Gasteiger partial charge in [0.05, 0.1) is 12.5 Å². The molecule has 0 bridgehead atoms. The molecular weight excluding hydrogens is 232 g/mol. The number of carbonyl (C=O) groups is 2. The van der Waals surface area contributed by atoms with Gasteiger partial charge in [-0.05, 0) is 25.3 Å². The monoisotopic (exact) mass is 256 g/mol. The summed E-state index contributed by atoms with van der Waals surface area (Å²) in [5.41, 5.74) is -0.374. The Morgan fingerprint density at radius 2 is 2.11 bits per heavy atom. The van der Waals surface area contributed by atoms with Crippen molar-refractivity contribution in [2.24, 2.45) is 11.3 Å². The summed E-state index contributed by atoms with van der Waals surface area (Å²) in [5.74, 6) is -0.403. The third kappa shape index (κ3) is 3.02. The summed E-state index contributed by atoms with van der Waals surface area (Å²) in [5, 5.41) is 6.06. The summed E-state index contributed by atoms with van der Waals surface area (Å²) in [4.78, 5) is 24.0. The Kier molecular flexibility index (Phi) is 5.14. The Morgan fingerprint density at radius 3 is 2.50 bits per heavy atom. The van der Waals surface area contributed by atoms with E-state index in [2.05, 4.69) is 10.6 Å². The van der Waals surface area contributed by atoms with Crippen LogP contribution in [0.4, 0.5) is 0 Å². The maximum Gasteiger partial charge on any atom is 0.328 e. The highest BCUT2D eigenvalue weighted by Gasteiger charge is 2.41. The van der Waals surface area contributed by atoms with Crippen LogP contribution in [-0.4, -0.2) is 38.1 Å². The third-order valence-electron chi connectivity index (χ3n) is 3.81. The summed E-state index contributed by atoms with van der Waals surface area (Å²) in [6.07, 6.45) is 1.60. The number of hydrogen-bond acceptors (Lipinski definition) is 4. The van der Waals surface area contributed by atoms with Gasteiger partial charge in [0.1, 0.15) is 6.04 Å². The number of nitrogens with one attached hydrogen (secondary N) is 2. The van der Waals surface area contributed by atoms with Gasteiger partial charge in [0, 0.05) is 6.54 Å². The number of esters is 1. The summed E-state index contributed by atoms with van der Waals surface area (Å²) < 4.78 is 4.73. The van der Waals surface area contributed by atoms with Crippen LogP contribution in [0, 0.1) is 11.3 Å². The molecule has 2 atom stereocenters. The maximum absolute atomic E-state index is 12.4. The molecule has 1 rings (SSSR count). The quantitative estimate of drug-likeness (QED) is 0.710. The maximum atomic E-state index is 12.4. The number of rotatable bonds is 5. The number of amides is 1. The van der Waals surface area contributed by atoms with E-state index in [1.807, 2.05) is 20.8 Å². The smallest absolute Gasteiger partial charge is 0.328 e. The van der Waals surface area contributed by atoms with Crippen LogP contribution in [-0.2, 0) is 14.3 Å². The van der Waals surface area contributed by atoms with Gasteiger partial charge in [-0.2, -0.15) is 0 Å². The molecule has 104 valence electrons. The molecule has 5 nitrogen and oxygen atoms in total. The Bertz CT molecular complexity index is 309. The van der Waals surface area contributed by atoms with Crippen molar-refractivity contribution in [2.45, 2.75) is 39.7 Å². The van der Waals surface area contributed by atoms with Gasteiger partial charge in [0.2, 0.25) is 5.91 Å². The van der Waals surface area contributed by atoms with E-state index < -0.39 is 6.04 Å². The van der Waals surface area contributed by atoms with Crippen molar-refractivity contribution in [3.63, 3.8) is 0 Å². The summed E-state index contributed by atoms with van der Waals surface area (Å²) in [7, 11) is 1.34. The fourth-order valence-corrected chi connectivity index (χ4v) is 2.32. The molecule has 2 unspecified atom stereocenters. The van der Waals surface area contributed by atoms with Crippen molar-refractivity contribution in [1.82, 2.24) is 10.6 Å². The summed E-state index contributed by atoms with van der Waals surface area (Å²) in [6.45, 7) is 7.34. The molecule has 5 heteroatoms. The number of methoxy groups -OCH3 is 1. The largest absolute Gasteiger partial charge is 0.467 e. The zero-order chi connectivity index (χ0) is 13.8.